The summed E-state index contributed by atoms with van der Waals surface area (Å²) in [7, 11) is 0. The fourth-order valence-electron chi connectivity index (χ4n) is 2.55. The topological polar surface area (TPSA) is 38.1 Å². The first-order chi connectivity index (χ1) is 9.63. The Bertz CT molecular complexity index is 751. The van der Waals surface area contributed by atoms with Crippen LogP contribution in [0.2, 0.25) is 0 Å². The van der Waals surface area contributed by atoms with Crippen LogP contribution in [0.1, 0.15) is 22.6 Å². The second-order valence-corrected chi connectivity index (χ2v) is 5.22. The van der Waals surface area contributed by atoms with Gasteiger partial charge in [-0.2, -0.15) is 0 Å². The Hall–Kier alpha value is -2.00. The Balaban J connectivity index is 0.00000161. The maximum absolute atomic E-state index is 5.37. The molecule has 0 saturated heterocycles. The van der Waals surface area contributed by atoms with Crippen LogP contribution in [0.15, 0.2) is 41.0 Å². The average molecular weight is 303 g/mol. The number of nitrogens with zero attached hydrogens (tertiary/aromatic N) is 1. The Kier molecular flexibility index (Phi) is 4.53. The molecule has 21 heavy (non-hydrogen) atoms. The van der Waals surface area contributed by atoms with E-state index in [9.17, 15) is 0 Å². The molecule has 3 aromatic rings. The van der Waals surface area contributed by atoms with Crippen molar-refractivity contribution in [2.24, 2.45) is 0 Å². The van der Waals surface area contributed by atoms with Gasteiger partial charge in [-0.05, 0) is 50.6 Å². The molecule has 0 radical (unpaired) electrons. The first-order valence-corrected chi connectivity index (χ1v) is 6.78. The summed E-state index contributed by atoms with van der Waals surface area (Å²) in [4.78, 5) is 4.66. The maximum atomic E-state index is 5.37. The van der Waals surface area contributed by atoms with Gasteiger partial charge in [-0.25, -0.2) is 0 Å². The molecule has 3 nitrogen and oxygen atoms in total. The van der Waals surface area contributed by atoms with Crippen molar-refractivity contribution >= 4 is 29.0 Å². The van der Waals surface area contributed by atoms with Crippen LogP contribution in [0.25, 0.3) is 10.9 Å². The van der Waals surface area contributed by atoms with E-state index in [1.54, 1.807) is 6.26 Å². The molecule has 4 heteroatoms. The number of anilines is 1. The summed E-state index contributed by atoms with van der Waals surface area (Å²) in [5.74, 6) is 0.928. The number of hydrogen-bond acceptors (Lipinski definition) is 3. The molecule has 1 aromatic carbocycles. The lowest BCUT2D eigenvalue weighted by molar-refractivity contribution is 0.518. The maximum Gasteiger partial charge on any atom is 0.122 e. The van der Waals surface area contributed by atoms with Crippen LogP contribution in [0.4, 0.5) is 5.69 Å². The third-order valence-electron chi connectivity index (χ3n) is 3.41. The molecule has 0 aliphatic heterocycles. The van der Waals surface area contributed by atoms with Crippen molar-refractivity contribution in [3.8, 4) is 0 Å². The van der Waals surface area contributed by atoms with Gasteiger partial charge in [-0.15, -0.1) is 12.4 Å². The molecule has 0 amide bonds. The predicted molar refractivity (Wildman–Crippen MR) is 89.2 cm³/mol. The molecule has 2 aromatic heterocycles. The van der Waals surface area contributed by atoms with E-state index < -0.39 is 0 Å². The van der Waals surface area contributed by atoms with E-state index in [0.29, 0.717) is 6.54 Å². The highest BCUT2D eigenvalue weighted by molar-refractivity contribution is 5.93. The number of halogens is 1. The largest absolute Gasteiger partial charge is 0.467 e. The molecule has 110 valence electrons. The van der Waals surface area contributed by atoms with Crippen molar-refractivity contribution < 1.29 is 4.42 Å². The number of aromatic nitrogens is 1. The molecular formula is C17H19ClN2O. The molecule has 0 aliphatic rings. The molecule has 0 fully saturated rings. The van der Waals surface area contributed by atoms with Crippen LogP contribution in [0.5, 0.6) is 0 Å². The molecule has 1 N–H and O–H groups in total. The van der Waals surface area contributed by atoms with Crippen molar-refractivity contribution in [2.75, 3.05) is 5.32 Å². The van der Waals surface area contributed by atoms with Crippen LogP contribution >= 0.6 is 12.4 Å². The molecular weight excluding hydrogens is 284 g/mol. The molecule has 0 unspecified atom stereocenters. The third-order valence-corrected chi connectivity index (χ3v) is 3.41. The van der Waals surface area contributed by atoms with Gasteiger partial charge in [-0.3, -0.25) is 4.98 Å². The number of nitrogens with one attached hydrogen (secondary N) is 1. The van der Waals surface area contributed by atoms with E-state index >= 15 is 0 Å². The quantitative estimate of drug-likeness (QED) is 0.756. The minimum atomic E-state index is 0. The van der Waals surface area contributed by atoms with Crippen LogP contribution in [-0.4, -0.2) is 4.98 Å². The van der Waals surface area contributed by atoms with Crippen molar-refractivity contribution in [1.82, 2.24) is 4.98 Å². The number of fused-ring (bicyclic) bond motifs is 1. The van der Waals surface area contributed by atoms with Gasteiger partial charge in [0, 0.05) is 16.8 Å². The number of aryl methyl sites for hydroxylation is 3. The highest BCUT2D eigenvalue weighted by atomic mass is 35.5. The van der Waals surface area contributed by atoms with Crippen molar-refractivity contribution in [2.45, 2.75) is 27.3 Å². The van der Waals surface area contributed by atoms with Gasteiger partial charge in [0.05, 0.1) is 18.3 Å². The lowest BCUT2D eigenvalue weighted by Crippen LogP contribution is -2.01. The molecule has 0 atom stereocenters. The summed E-state index contributed by atoms with van der Waals surface area (Å²) in [6.45, 7) is 6.93. The smallest absolute Gasteiger partial charge is 0.122 e. The minimum absolute atomic E-state index is 0. The van der Waals surface area contributed by atoms with Gasteiger partial charge < -0.3 is 9.73 Å². The molecule has 0 aliphatic carbocycles. The first kappa shape index (κ1) is 15.4. The standard InChI is InChI=1S/C17H18N2O.ClH/c1-11-7-12(2)17-15(8-11)16(9-13(3)19-17)18-10-14-5-4-6-20-14;/h4-9H,10H2,1-3H3,(H,18,19);1H. The number of pyridine rings is 1. The van der Waals surface area contributed by atoms with Crippen LogP contribution in [-0.2, 0) is 6.54 Å². The van der Waals surface area contributed by atoms with E-state index in [2.05, 4.69) is 42.3 Å². The Morgan fingerprint density at radius 2 is 1.95 bits per heavy atom. The zero-order valence-corrected chi connectivity index (χ0v) is 13.3. The fraction of sp³-hybridized carbons (Fsp3) is 0.235. The highest BCUT2D eigenvalue weighted by Gasteiger charge is 2.07. The summed E-state index contributed by atoms with van der Waals surface area (Å²) >= 11 is 0. The van der Waals surface area contributed by atoms with E-state index in [1.165, 1.54) is 16.5 Å². The van der Waals surface area contributed by atoms with Crippen LogP contribution in [0, 0.1) is 20.8 Å². The highest BCUT2D eigenvalue weighted by Crippen LogP contribution is 2.27. The first-order valence-electron chi connectivity index (χ1n) is 6.78. The van der Waals surface area contributed by atoms with E-state index in [1.807, 2.05) is 19.1 Å². The van der Waals surface area contributed by atoms with Gasteiger partial charge in [0.25, 0.3) is 0 Å². The fourth-order valence-corrected chi connectivity index (χ4v) is 2.55. The van der Waals surface area contributed by atoms with E-state index in [4.69, 9.17) is 4.42 Å². The van der Waals surface area contributed by atoms with E-state index in [-0.39, 0.29) is 12.4 Å². The second kappa shape index (κ2) is 6.19. The van der Waals surface area contributed by atoms with Gasteiger partial charge in [0.1, 0.15) is 5.76 Å². The summed E-state index contributed by atoms with van der Waals surface area (Å²) < 4.78 is 5.37. The van der Waals surface area contributed by atoms with Crippen molar-refractivity contribution in [3.05, 3.63) is 59.2 Å². The Morgan fingerprint density at radius 3 is 2.67 bits per heavy atom. The normalized spacial score (nSPS) is 10.4. The van der Waals surface area contributed by atoms with Gasteiger partial charge in [0.2, 0.25) is 0 Å². The monoisotopic (exact) mass is 302 g/mol. The van der Waals surface area contributed by atoms with Gasteiger partial charge in [-0.1, -0.05) is 11.6 Å². The molecule has 3 rings (SSSR count). The number of rotatable bonds is 3. The zero-order valence-electron chi connectivity index (χ0n) is 12.4. The van der Waals surface area contributed by atoms with Gasteiger partial charge >= 0.3 is 0 Å². The number of furan rings is 1. The van der Waals surface area contributed by atoms with Gasteiger partial charge in [0.15, 0.2) is 0 Å². The summed E-state index contributed by atoms with van der Waals surface area (Å²) in [6.07, 6.45) is 1.70. The summed E-state index contributed by atoms with van der Waals surface area (Å²) in [5, 5.41) is 4.62. The summed E-state index contributed by atoms with van der Waals surface area (Å²) in [6, 6.07) is 10.3. The number of hydrogen-bond donors (Lipinski definition) is 1. The molecule has 0 bridgehead atoms. The van der Waals surface area contributed by atoms with E-state index in [0.717, 1.165) is 22.7 Å². The lowest BCUT2D eigenvalue weighted by Gasteiger charge is -2.12. The second-order valence-electron chi connectivity index (χ2n) is 5.22. The van der Waals surface area contributed by atoms with Crippen molar-refractivity contribution in [1.29, 1.82) is 0 Å². The number of benzene rings is 1. The Labute approximate surface area is 130 Å². The average Bonchev–Trinajstić information content (AvgIpc) is 2.90. The Morgan fingerprint density at radius 1 is 1.14 bits per heavy atom. The predicted octanol–water partition coefficient (Wildman–Crippen LogP) is 4.79. The third kappa shape index (κ3) is 3.19. The lowest BCUT2D eigenvalue weighted by atomic mass is 10.0. The zero-order chi connectivity index (χ0) is 14.1. The SMILES string of the molecule is Cc1cc(C)c2nc(C)cc(NCc3ccco3)c2c1.Cl. The van der Waals surface area contributed by atoms with Crippen LogP contribution in [0.3, 0.4) is 0 Å². The van der Waals surface area contributed by atoms with Crippen molar-refractivity contribution in [3.63, 3.8) is 0 Å². The van der Waals surface area contributed by atoms with Crippen LogP contribution < -0.4 is 5.32 Å². The molecule has 2 heterocycles. The minimum Gasteiger partial charge on any atom is -0.467 e. The molecule has 0 spiro atoms. The molecule has 0 saturated carbocycles. The summed E-state index contributed by atoms with van der Waals surface area (Å²) in [5.41, 5.74) is 5.66.